The molecule has 2 N–H and O–H groups in total. The molecule has 0 saturated heterocycles. The lowest BCUT2D eigenvalue weighted by Gasteiger charge is -2.25. The molecule has 0 fully saturated rings. The lowest BCUT2D eigenvalue weighted by molar-refractivity contribution is -0.147. The second kappa shape index (κ2) is 6.07. The Morgan fingerprint density at radius 1 is 1.10 bits per heavy atom. The summed E-state index contributed by atoms with van der Waals surface area (Å²) in [5.74, 6) is -0.945. The van der Waals surface area contributed by atoms with Crippen LogP contribution in [0.3, 0.4) is 0 Å². The number of amides is 1. The highest BCUT2D eigenvalue weighted by Crippen LogP contribution is 2.24. The lowest BCUT2D eigenvalue weighted by Crippen LogP contribution is -2.41. The number of carbonyl (C=O) groups excluding carboxylic acids is 1. The van der Waals surface area contributed by atoms with E-state index >= 15 is 0 Å². The molecule has 1 aromatic rings. The molecule has 0 atom stereocenters. The predicted molar refractivity (Wildman–Crippen MR) is 78.5 cm³/mol. The van der Waals surface area contributed by atoms with E-state index in [1.165, 1.54) is 0 Å². The van der Waals surface area contributed by atoms with Crippen LogP contribution in [0.15, 0.2) is 30.3 Å². The summed E-state index contributed by atoms with van der Waals surface area (Å²) in [4.78, 5) is 23.3. The van der Waals surface area contributed by atoms with E-state index in [9.17, 15) is 9.59 Å². The van der Waals surface area contributed by atoms with Crippen LogP contribution in [0.25, 0.3) is 0 Å². The van der Waals surface area contributed by atoms with Gasteiger partial charge in [0, 0.05) is 6.54 Å². The van der Waals surface area contributed by atoms with Crippen LogP contribution in [0.1, 0.15) is 39.7 Å². The zero-order valence-electron chi connectivity index (χ0n) is 12.6. The fraction of sp³-hybridized carbons (Fsp3) is 0.500. The van der Waals surface area contributed by atoms with Gasteiger partial charge in [-0.15, -0.1) is 0 Å². The van der Waals surface area contributed by atoms with Crippen LogP contribution in [0.4, 0.5) is 0 Å². The zero-order chi connectivity index (χ0) is 15.4. The maximum Gasteiger partial charge on any atom is 0.309 e. The number of carboxylic acids is 1. The molecule has 0 radical (unpaired) electrons. The molecular formula is C16H23NO3. The summed E-state index contributed by atoms with van der Waals surface area (Å²) in [5, 5.41) is 11.9. The van der Waals surface area contributed by atoms with E-state index in [4.69, 9.17) is 5.11 Å². The van der Waals surface area contributed by atoms with Crippen molar-refractivity contribution in [2.45, 2.75) is 39.5 Å². The van der Waals surface area contributed by atoms with Crippen molar-refractivity contribution >= 4 is 11.9 Å². The third-order valence-electron chi connectivity index (χ3n) is 3.68. The summed E-state index contributed by atoms with van der Waals surface area (Å²) >= 11 is 0. The first-order valence-electron chi connectivity index (χ1n) is 6.75. The first kappa shape index (κ1) is 16.2. The molecule has 0 aliphatic carbocycles. The molecule has 0 bridgehead atoms. The molecule has 0 aliphatic heterocycles. The Morgan fingerprint density at radius 3 is 2.15 bits per heavy atom. The summed E-state index contributed by atoms with van der Waals surface area (Å²) in [6, 6.07) is 9.55. The van der Waals surface area contributed by atoms with Gasteiger partial charge < -0.3 is 10.4 Å². The van der Waals surface area contributed by atoms with Crippen molar-refractivity contribution in [3.05, 3.63) is 35.9 Å². The molecule has 0 aromatic heterocycles. The van der Waals surface area contributed by atoms with Gasteiger partial charge in [-0.1, -0.05) is 30.3 Å². The van der Waals surface area contributed by atoms with Gasteiger partial charge in [0.1, 0.15) is 0 Å². The number of hydrogen-bond donors (Lipinski definition) is 2. The number of hydrogen-bond acceptors (Lipinski definition) is 2. The standard InChI is InChI=1S/C16H23NO3/c1-15(2,14(19)20)10-11-17-13(18)16(3,4)12-8-6-5-7-9-12/h5-9H,10-11H2,1-4H3,(H,17,18)(H,19,20). The molecule has 0 aliphatic rings. The molecule has 0 heterocycles. The Labute approximate surface area is 120 Å². The van der Waals surface area contributed by atoms with Crippen molar-refractivity contribution in [1.82, 2.24) is 5.32 Å². The van der Waals surface area contributed by atoms with Gasteiger partial charge in [0.25, 0.3) is 0 Å². The summed E-state index contributed by atoms with van der Waals surface area (Å²) in [6.07, 6.45) is 0.402. The summed E-state index contributed by atoms with van der Waals surface area (Å²) in [5.41, 5.74) is -0.520. The van der Waals surface area contributed by atoms with E-state index in [0.29, 0.717) is 13.0 Å². The van der Waals surface area contributed by atoms with Crippen molar-refractivity contribution in [1.29, 1.82) is 0 Å². The minimum Gasteiger partial charge on any atom is -0.481 e. The van der Waals surface area contributed by atoms with Crippen molar-refractivity contribution in [3.8, 4) is 0 Å². The van der Waals surface area contributed by atoms with E-state index in [1.807, 2.05) is 44.2 Å². The third kappa shape index (κ3) is 3.83. The molecule has 1 rings (SSSR count). The van der Waals surface area contributed by atoms with Gasteiger partial charge in [-0.25, -0.2) is 0 Å². The second-order valence-corrected chi connectivity index (χ2v) is 6.19. The van der Waals surface area contributed by atoms with E-state index < -0.39 is 16.8 Å². The maximum atomic E-state index is 12.3. The first-order chi connectivity index (χ1) is 9.18. The fourth-order valence-corrected chi connectivity index (χ4v) is 1.80. The molecule has 1 aromatic carbocycles. The van der Waals surface area contributed by atoms with Gasteiger partial charge >= 0.3 is 5.97 Å². The minimum atomic E-state index is -0.853. The molecule has 0 spiro atoms. The number of nitrogens with one attached hydrogen (secondary N) is 1. The van der Waals surface area contributed by atoms with Gasteiger partial charge in [0.2, 0.25) is 5.91 Å². The Morgan fingerprint density at radius 2 is 1.65 bits per heavy atom. The number of aliphatic carboxylic acids is 1. The quantitative estimate of drug-likeness (QED) is 0.840. The largest absolute Gasteiger partial charge is 0.481 e. The fourth-order valence-electron chi connectivity index (χ4n) is 1.80. The molecular weight excluding hydrogens is 254 g/mol. The summed E-state index contributed by atoms with van der Waals surface area (Å²) in [7, 11) is 0. The van der Waals surface area contributed by atoms with Gasteiger partial charge in [-0.05, 0) is 39.7 Å². The smallest absolute Gasteiger partial charge is 0.309 e. The molecule has 1 amide bonds. The van der Waals surface area contributed by atoms with Crippen LogP contribution in [0, 0.1) is 5.41 Å². The lowest BCUT2D eigenvalue weighted by atomic mass is 9.83. The van der Waals surface area contributed by atoms with E-state index in [-0.39, 0.29) is 5.91 Å². The summed E-state index contributed by atoms with van der Waals surface area (Å²) in [6.45, 7) is 7.39. The number of carboxylic acid groups (broad SMARTS) is 1. The average molecular weight is 277 g/mol. The maximum absolute atomic E-state index is 12.3. The van der Waals surface area contributed by atoms with Crippen LogP contribution in [0.5, 0.6) is 0 Å². The highest BCUT2D eigenvalue weighted by Gasteiger charge is 2.31. The molecule has 110 valence electrons. The third-order valence-corrected chi connectivity index (χ3v) is 3.68. The van der Waals surface area contributed by atoms with Crippen LogP contribution >= 0.6 is 0 Å². The van der Waals surface area contributed by atoms with Crippen molar-refractivity contribution in [2.24, 2.45) is 5.41 Å². The van der Waals surface area contributed by atoms with Crippen LogP contribution < -0.4 is 5.32 Å². The molecule has 4 nitrogen and oxygen atoms in total. The minimum absolute atomic E-state index is 0.0927. The zero-order valence-corrected chi connectivity index (χ0v) is 12.6. The Hall–Kier alpha value is -1.84. The predicted octanol–water partition coefficient (Wildman–Crippen LogP) is 2.58. The monoisotopic (exact) mass is 277 g/mol. The van der Waals surface area contributed by atoms with Crippen LogP contribution in [-0.2, 0) is 15.0 Å². The number of benzene rings is 1. The summed E-state index contributed by atoms with van der Waals surface area (Å²) < 4.78 is 0. The SMILES string of the molecule is CC(C)(CCNC(=O)C(C)(C)c1ccccc1)C(=O)O. The Balaban J connectivity index is 2.61. The van der Waals surface area contributed by atoms with E-state index in [2.05, 4.69) is 5.32 Å². The van der Waals surface area contributed by atoms with Crippen molar-refractivity contribution < 1.29 is 14.7 Å². The van der Waals surface area contributed by atoms with Gasteiger partial charge in [-0.3, -0.25) is 9.59 Å². The highest BCUT2D eigenvalue weighted by molar-refractivity contribution is 5.87. The average Bonchev–Trinajstić information content (AvgIpc) is 2.39. The molecule has 20 heavy (non-hydrogen) atoms. The van der Waals surface area contributed by atoms with Crippen molar-refractivity contribution in [2.75, 3.05) is 6.54 Å². The Bertz CT molecular complexity index is 478. The van der Waals surface area contributed by atoms with Gasteiger partial charge in [0.15, 0.2) is 0 Å². The molecule has 0 unspecified atom stereocenters. The van der Waals surface area contributed by atoms with Crippen LogP contribution in [-0.4, -0.2) is 23.5 Å². The molecule has 0 saturated carbocycles. The van der Waals surface area contributed by atoms with Crippen molar-refractivity contribution in [3.63, 3.8) is 0 Å². The number of carbonyl (C=O) groups is 2. The van der Waals surface area contributed by atoms with Gasteiger partial charge in [-0.2, -0.15) is 0 Å². The Kier molecular flexibility index (Phi) is 4.93. The first-order valence-corrected chi connectivity index (χ1v) is 6.75. The van der Waals surface area contributed by atoms with Crippen LogP contribution in [0.2, 0.25) is 0 Å². The van der Waals surface area contributed by atoms with E-state index in [1.54, 1.807) is 13.8 Å². The van der Waals surface area contributed by atoms with Gasteiger partial charge in [0.05, 0.1) is 10.8 Å². The highest BCUT2D eigenvalue weighted by atomic mass is 16.4. The second-order valence-electron chi connectivity index (χ2n) is 6.19. The number of rotatable bonds is 6. The topological polar surface area (TPSA) is 66.4 Å². The molecule has 4 heteroatoms. The normalized spacial score (nSPS) is 12.0. The van der Waals surface area contributed by atoms with E-state index in [0.717, 1.165) is 5.56 Å².